The number of hydrogen-bond donors (Lipinski definition) is 2. The molecular weight excluding hydrogens is 689 g/mol. The Balaban J connectivity index is 0.000000825. The Kier molecular flexibility index (Phi) is 13.7. The monoisotopic (exact) mass is 714 g/mol. The van der Waals surface area contributed by atoms with Crippen LogP contribution >= 0.6 is 0 Å². The molecule has 0 saturated carbocycles. The molecule has 0 aliphatic heterocycles. The summed E-state index contributed by atoms with van der Waals surface area (Å²) < 4.78 is 129. The summed E-state index contributed by atoms with van der Waals surface area (Å²) in [6, 6.07) is 23.0. The van der Waals surface area contributed by atoms with E-state index in [2.05, 4.69) is 0 Å². The highest BCUT2D eigenvalue weighted by atomic mass is 32.2. The van der Waals surface area contributed by atoms with E-state index in [1.165, 1.54) is 19.2 Å². The molecule has 46 heavy (non-hydrogen) atoms. The van der Waals surface area contributed by atoms with Crippen LogP contribution < -0.4 is 9.47 Å². The van der Waals surface area contributed by atoms with Gasteiger partial charge in [0, 0.05) is 17.2 Å². The summed E-state index contributed by atoms with van der Waals surface area (Å²) in [7, 11) is -13.7. The predicted molar refractivity (Wildman–Crippen MR) is 163 cm³/mol. The third-order valence-corrected chi connectivity index (χ3v) is 7.82. The lowest BCUT2D eigenvalue weighted by atomic mass is 10.0. The number of ether oxygens (including phenoxy) is 2. The molecule has 0 aliphatic rings. The summed E-state index contributed by atoms with van der Waals surface area (Å²) in [5.74, 6) is 0.850. The Hall–Kier alpha value is -4.46. The average molecular weight is 715 g/mol. The van der Waals surface area contributed by atoms with Crippen LogP contribution in [0.15, 0.2) is 94.7 Å². The first-order chi connectivity index (χ1) is 21.5. The number of aryl methyl sites for hydroxylation is 1. The van der Waals surface area contributed by atoms with Gasteiger partial charge in [-0.15, -0.1) is 25.3 Å². The number of rotatable bonds is 9. The molecule has 0 heterocycles. The van der Waals surface area contributed by atoms with Gasteiger partial charge in [-0.3, -0.25) is 9.11 Å². The lowest BCUT2D eigenvalue weighted by Gasteiger charge is -2.13. The summed E-state index contributed by atoms with van der Waals surface area (Å²) in [5, 5.41) is 0. The summed E-state index contributed by atoms with van der Waals surface area (Å²) >= 11 is 0. The summed E-state index contributed by atoms with van der Waals surface area (Å²) in [4.78, 5) is -0.445. The topological polar surface area (TPSA) is 230 Å². The van der Waals surface area contributed by atoms with E-state index in [9.17, 15) is 25.9 Å². The first kappa shape index (κ1) is 37.7. The molecule has 2 N–H and O–H groups in total. The molecule has 0 aromatic heterocycles. The molecule has 4 aromatic carbocycles. The summed E-state index contributed by atoms with van der Waals surface area (Å²) in [5.41, 5.74) is 3.40. The van der Waals surface area contributed by atoms with E-state index in [0.717, 1.165) is 11.1 Å². The van der Waals surface area contributed by atoms with Crippen LogP contribution in [0.4, 0.5) is 0 Å². The van der Waals surface area contributed by atoms with Crippen molar-refractivity contribution in [2.75, 3.05) is 7.11 Å². The minimum absolute atomic E-state index is 0.0903. The van der Waals surface area contributed by atoms with Gasteiger partial charge < -0.3 is 9.47 Å². The maximum Gasteiger partial charge on any atom is 0.425 e. The first-order valence-electron chi connectivity index (χ1n) is 12.6. The molecule has 0 saturated heterocycles. The molecule has 0 bridgehead atoms. The zero-order chi connectivity index (χ0) is 34.7. The molecule has 4 rings (SSSR count). The molecule has 0 spiro atoms. The molecule has 14 nitrogen and oxygen atoms in total. The third-order valence-electron chi connectivity index (χ3n) is 6.03. The number of benzene rings is 4. The van der Waals surface area contributed by atoms with Gasteiger partial charge in [0.15, 0.2) is 0 Å². The lowest BCUT2D eigenvalue weighted by Crippen LogP contribution is -2.03. The van der Waals surface area contributed by atoms with E-state index >= 15 is 0 Å². The van der Waals surface area contributed by atoms with Gasteiger partial charge in [-0.05, 0) is 59.0 Å². The van der Waals surface area contributed by atoms with Gasteiger partial charge in [-0.25, -0.2) is 0 Å². The van der Waals surface area contributed by atoms with Crippen LogP contribution in [-0.4, -0.2) is 58.3 Å². The summed E-state index contributed by atoms with van der Waals surface area (Å²) in [6.45, 7) is 1.98. The van der Waals surface area contributed by atoms with Crippen molar-refractivity contribution >= 4 is 41.5 Å². The van der Waals surface area contributed by atoms with Crippen molar-refractivity contribution in [3.8, 4) is 33.8 Å². The van der Waals surface area contributed by atoms with Crippen molar-refractivity contribution in [2.24, 2.45) is 0 Å². The molecular formula is C28H26O14S4. The van der Waals surface area contributed by atoms with E-state index in [0.29, 0.717) is 34.4 Å². The molecule has 18 heteroatoms. The highest BCUT2D eigenvalue weighted by molar-refractivity contribution is 7.86. The van der Waals surface area contributed by atoms with Crippen molar-refractivity contribution in [3.63, 3.8) is 0 Å². The second kappa shape index (κ2) is 16.7. The van der Waals surface area contributed by atoms with E-state index in [-0.39, 0.29) is 22.1 Å². The normalized spacial score (nSPS) is 10.8. The predicted octanol–water partition coefficient (Wildman–Crippen LogP) is 3.66. The minimum atomic E-state index is -4.54. The molecule has 0 unspecified atom stereocenters. The van der Waals surface area contributed by atoms with Gasteiger partial charge in [-0.1, -0.05) is 55.5 Å². The molecule has 0 fully saturated rings. The highest BCUT2D eigenvalue weighted by Crippen LogP contribution is 2.33. The quantitative estimate of drug-likeness (QED) is 0.236. The van der Waals surface area contributed by atoms with Gasteiger partial charge in [-0.2, -0.15) is 16.8 Å². The fourth-order valence-electron chi connectivity index (χ4n) is 4.00. The van der Waals surface area contributed by atoms with Crippen molar-refractivity contribution in [1.82, 2.24) is 0 Å². The van der Waals surface area contributed by atoms with E-state index in [4.69, 9.17) is 34.7 Å². The molecule has 4 aromatic rings. The molecule has 0 amide bonds. The molecule has 0 radical (unpaired) electrons. The smallest absolute Gasteiger partial charge is 0.425 e. The van der Waals surface area contributed by atoms with Crippen molar-refractivity contribution in [3.05, 3.63) is 96.1 Å². The highest BCUT2D eigenvalue weighted by Gasteiger charge is 2.19. The standard InChI is InChI=1S/C28H26O8S2.2O3S/c1-3-19-6-14-25(27(16-19)37(29,30)31)21-7-4-20(5-8-21)18-36-24-13-15-26(28(17-24)38(32,33)34)22-9-11-23(35-2)12-10-22;2*1-4(2)3/h4-17H,3,18H2,1-2H3,(H,29,30,31)(H,32,33,34);;. The average Bonchev–Trinajstić information content (AvgIpc) is 2.98. The van der Waals surface area contributed by atoms with E-state index in [1.807, 2.05) is 13.0 Å². The second-order valence-corrected chi connectivity index (χ2v) is 12.5. The lowest BCUT2D eigenvalue weighted by molar-refractivity contribution is 0.305. The fraction of sp³-hybridized carbons (Fsp3) is 0.143. The van der Waals surface area contributed by atoms with Crippen LogP contribution in [-0.2, 0) is 54.5 Å². The SMILES string of the molecule is CCc1ccc(-c2ccc(COc3ccc(-c4ccc(OC)cc4)c(S(=O)(=O)O)c3)cc2)c(S(=O)(=O)O)c1.O=S(=O)=O.O=S(=O)=O. The maximum atomic E-state index is 12.1. The second-order valence-electron chi connectivity index (χ2n) is 8.91. The van der Waals surface area contributed by atoms with Crippen molar-refractivity contribution in [1.29, 1.82) is 0 Å². The maximum absolute atomic E-state index is 12.1. The Morgan fingerprint density at radius 3 is 1.41 bits per heavy atom. The Bertz CT molecular complexity index is 2070. The van der Waals surface area contributed by atoms with Crippen LogP contribution in [0.25, 0.3) is 22.3 Å². The fourth-order valence-corrected chi connectivity index (χ4v) is 5.49. The largest absolute Gasteiger partial charge is 0.497 e. The Morgan fingerprint density at radius 2 is 0.978 bits per heavy atom. The van der Waals surface area contributed by atoms with Crippen LogP contribution in [0.2, 0.25) is 0 Å². The Labute approximate surface area is 267 Å². The molecule has 0 aliphatic carbocycles. The molecule has 246 valence electrons. The van der Waals surface area contributed by atoms with E-state index in [1.54, 1.807) is 66.7 Å². The van der Waals surface area contributed by atoms with Crippen LogP contribution in [0.1, 0.15) is 18.1 Å². The van der Waals surface area contributed by atoms with Crippen molar-refractivity contribution in [2.45, 2.75) is 29.7 Å². The van der Waals surface area contributed by atoms with Gasteiger partial charge in [0.05, 0.1) is 7.11 Å². The number of hydrogen-bond acceptors (Lipinski definition) is 12. The van der Waals surface area contributed by atoms with Gasteiger partial charge >= 0.3 is 21.2 Å². The molecule has 0 atom stereocenters. The van der Waals surface area contributed by atoms with Gasteiger partial charge in [0.1, 0.15) is 27.9 Å². The minimum Gasteiger partial charge on any atom is -0.497 e. The first-order valence-corrected chi connectivity index (χ1v) is 17.5. The van der Waals surface area contributed by atoms with Gasteiger partial charge in [0.2, 0.25) is 0 Å². The zero-order valence-corrected chi connectivity index (χ0v) is 27.2. The zero-order valence-electron chi connectivity index (χ0n) is 23.9. The van der Waals surface area contributed by atoms with Gasteiger partial charge in [0.25, 0.3) is 20.2 Å². The van der Waals surface area contributed by atoms with Crippen LogP contribution in [0, 0.1) is 0 Å². The summed E-state index contributed by atoms with van der Waals surface area (Å²) in [6.07, 6.45) is 0.624. The van der Waals surface area contributed by atoms with Crippen LogP contribution in [0.3, 0.4) is 0 Å². The van der Waals surface area contributed by atoms with Crippen molar-refractivity contribution < 1.29 is 60.7 Å². The Morgan fingerprint density at radius 1 is 0.587 bits per heavy atom. The third kappa shape index (κ3) is 11.8. The van der Waals surface area contributed by atoms with E-state index < -0.39 is 41.5 Å². The number of methoxy groups -OCH3 is 1. The van der Waals surface area contributed by atoms with Crippen LogP contribution in [0.5, 0.6) is 11.5 Å².